The number of hydrazine groups is 1. The van der Waals surface area contributed by atoms with Crippen LogP contribution in [0.5, 0.6) is 0 Å². The first kappa shape index (κ1) is 33.2. The molecule has 0 saturated carbocycles. The number of aryl methyl sites for hydroxylation is 1. The molecule has 0 radical (unpaired) electrons. The van der Waals surface area contributed by atoms with E-state index in [1.165, 1.54) is 11.9 Å². The van der Waals surface area contributed by atoms with E-state index in [0.29, 0.717) is 17.8 Å². The molecule has 0 unspecified atom stereocenters. The highest BCUT2D eigenvalue weighted by Crippen LogP contribution is 2.28. The quantitative estimate of drug-likeness (QED) is 0.161. The summed E-state index contributed by atoms with van der Waals surface area (Å²) < 4.78 is 13.2. The third kappa shape index (κ3) is 8.71. The maximum Gasteiger partial charge on any atom is 0.427 e. The number of aromatic nitrogens is 2. The molecular formula is C36H44N4O5. The van der Waals surface area contributed by atoms with Gasteiger partial charge in [0.25, 0.3) is 0 Å². The summed E-state index contributed by atoms with van der Waals surface area (Å²) in [5, 5.41) is 1.17. The summed E-state index contributed by atoms with van der Waals surface area (Å²) in [6.45, 7) is 15.0. The highest BCUT2D eigenvalue weighted by molar-refractivity contribution is 5.98. The largest absolute Gasteiger partial charge is 0.456 e. The number of esters is 1. The standard InChI is InChI=1S/C36H44N4O5/c1-9-10-15-32-37-30-22-27(40(24(2)41)38-34(43)45-36(6,7)8)20-21-31(30)39(32)23-25-16-18-26(19-17-25)28-13-11-12-14-29(28)33(42)44-35(3,4)5/h11-14,16-22H,9-10,15,23H2,1-8H3,(H,38,43). The summed E-state index contributed by atoms with van der Waals surface area (Å²) in [6, 6.07) is 21.2. The maximum atomic E-state index is 12.9. The lowest BCUT2D eigenvalue weighted by molar-refractivity contribution is -0.117. The molecule has 4 aromatic rings. The van der Waals surface area contributed by atoms with Crippen LogP contribution in [0.3, 0.4) is 0 Å². The van der Waals surface area contributed by atoms with Gasteiger partial charge < -0.3 is 14.0 Å². The van der Waals surface area contributed by atoms with Gasteiger partial charge in [-0.15, -0.1) is 0 Å². The van der Waals surface area contributed by atoms with E-state index < -0.39 is 17.3 Å². The Balaban J connectivity index is 1.63. The van der Waals surface area contributed by atoms with Crippen LogP contribution in [0.2, 0.25) is 0 Å². The minimum absolute atomic E-state index is 0.350. The number of carbonyl (C=O) groups excluding carboxylic acids is 3. The third-order valence-electron chi connectivity index (χ3n) is 6.89. The fourth-order valence-corrected chi connectivity index (χ4v) is 4.94. The van der Waals surface area contributed by atoms with Gasteiger partial charge in [0.1, 0.15) is 17.0 Å². The fraction of sp³-hybridized carbons (Fsp3) is 0.389. The van der Waals surface area contributed by atoms with Crippen molar-refractivity contribution in [3.05, 3.63) is 83.7 Å². The van der Waals surface area contributed by atoms with Gasteiger partial charge in [0.15, 0.2) is 0 Å². The Morgan fingerprint density at radius 2 is 1.56 bits per heavy atom. The number of benzene rings is 3. The Kier molecular flexibility index (Phi) is 10.0. The minimum atomic E-state index is -0.718. The van der Waals surface area contributed by atoms with E-state index in [9.17, 15) is 14.4 Å². The van der Waals surface area contributed by atoms with Crippen LogP contribution in [0.1, 0.15) is 90.0 Å². The predicted molar refractivity (Wildman–Crippen MR) is 177 cm³/mol. The SMILES string of the molecule is CCCCc1nc2cc(N(NC(=O)OC(C)(C)C)C(C)=O)ccc2n1Cc1ccc(-c2ccccc2C(=O)OC(C)(C)C)cc1. The van der Waals surface area contributed by atoms with Crippen molar-refractivity contribution in [3.8, 4) is 11.1 Å². The molecule has 238 valence electrons. The Hall–Kier alpha value is -4.66. The first-order chi connectivity index (χ1) is 21.1. The summed E-state index contributed by atoms with van der Waals surface area (Å²) in [6.07, 6.45) is 2.09. The smallest absolute Gasteiger partial charge is 0.427 e. The molecule has 0 fully saturated rings. The topological polar surface area (TPSA) is 103 Å². The number of anilines is 1. The molecule has 1 heterocycles. The Morgan fingerprint density at radius 3 is 2.18 bits per heavy atom. The lowest BCUT2D eigenvalue weighted by Gasteiger charge is -2.25. The molecule has 0 aliphatic carbocycles. The van der Waals surface area contributed by atoms with Crippen LogP contribution in [-0.4, -0.2) is 38.7 Å². The second kappa shape index (κ2) is 13.5. The van der Waals surface area contributed by atoms with Gasteiger partial charge in [-0.1, -0.05) is 55.8 Å². The zero-order valence-electron chi connectivity index (χ0n) is 27.6. The summed E-state index contributed by atoms with van der Waals surface area (Å²) in [7, 11) is 0. The van der Waals surface area contributed by atoms with E-state index in [2.05, 4.69) is 29.0 Å². The zero-order chi connectivity index (χ0) is 32.9. The van der Waals surface area contributed by atoms with Crippen molar-refractivity contribution in [2.75, 3.05) is 5.01 Å². The second-order valence-electron chi connectivity index (χ2n) is 13.1. The number of hydrogen-bond donors (Lipinski definition) is 1. The van der Waals surface area contributed by atoms with E-state index in [4.69, 9.17) is 14.5 Å². The minimum Gasteiger partial charge on any atom is -0.456 e. The van der Waals surface area contributed by atoms with Crippen molar-refractivity contribution in [2.24, 2.45) is 0 Å². The normalized spacial score (nSPS) is 11.7. The summed E-state index contributed by atoms with van der Waals surface area (Å²) >= 11 is 0. The lowest BCUT2D eigenvalue weighted by Crippen LogP contribution is -2.47. The van der Waals surface area contributed by atoms with Crippen molar-refractivity contribution in [2.45, 2.75) is 92.4 Å². The van der Waals surface area contributed by atoms with Gasteiger partial charge in [-0.25, -0.2) is 25.0 Å². The Bertz CT molecular complexity index is 1680. The summed E-state index contributed by atoms with van der Waals surface area (Å²) in [5.74, 6) is 0.230. The number of carbonyl (C=O) groups is 3. The van der Waals surface area contributed by atoms with E-state index in [0.717, 1.165) is 52.8 Å². The lowest BCUT2D eigenvalue weighted by atomic mass is 9.98. The van der Waals surface area contributed by atoms with Crippen molar-refractivity contribution in [3.63, 3.8) is 0 Å². The Morgan fingerprint density at radius 1 is 0.889 bits per heavy atom. The summed E-state index contributed by atoms with van der Waals surface area (Å²) in [5.41, 5.74) is 6.73. The predicted octanol–water partition coefficient (Wildman–Crippen LogP) is 7.84. The van der Waals surface area contributed by atoms with E-state index in [1.807, 2.05) is 57.2 Å². The highest BCUT2D eigenvalue weighted by Gasteiger charge is 2.23. The van der Waals surface area contributed by atoms with Crippen molar-refractivity contribution < 1.29 is 23.9 Å². The number of hydrogen-bond acceptors (Lipinski definition) is 6. The Labute approximate surface area is 265 Å². The molecule has 9 nitrogen and oxygen atoms in total. The van der Waals surface area contributed by atoms with Gasteiger partial charge in [-0.3, -0.25) is 4.79 Å². The van der Waals surface area contributed by atoms with Crippen molar-refractivity contribution in [1.82, 2.24) is 15.0 Å². The van der Waals surface area contributed by atoms with Crippen LogP contribution in [0.15, 0.2) is 66.7 Å². The molecule has 3 aromatic carbocycles. The number of amides is 2. The molecule has 0 saturated heterocycles. The van der Waals surface area contributed by atoms with E-state index in [1.54, 1.807) is 39.0 Å². The molecule has 0 spiro atoms. The number of nitrogens with one attached hydrogen (secondary N) is 1. The van der Waals surface area contributed by atoms with Crippen LogP contribution in [0, 0.1) is 0 Å². The number of unbranched alkanes of at least 4 members (excludes halogenated alkanes) is 1. The average Bonchev–Trinajstić information content (AvgIpc) is 3.29. The first-order valence-corrected chi connectivity index (χ1v) is 15.4. The molecule has 0 bridgehead atoms. The molecule has 9 heteroatoms. The van der Waals surface area contributed by atoms with Gasteiger partial charge in [-0.05, 0) is 88.9 Å². The van der Waals surface area contributed by atoms with Crippen LogP contribution < -0.4 is 10.4 Å². The summed E-state index contributed by atoms with van der Waals surface area (Å²) in [4.78, 5) is 42.8. The monoisotopic (exact) mass is 612 g/mol. The first-order valence-electron chi connectivity index (χ1n) is 15.4. The molecule has 0 aliphatic heterocycles. The highest BCUT2D eigenvalue weighted by atomic mass is 16.6. The third-order valence-corrected chi connectivity index (χ3v) is 6.89. The van der Waals surface area contributed by atoms with E-state index in [-0.39, 0.29) is 11.9 Å². The van der Waals surface area contributed by atoms with Gasteiger partial charge in [0, 0.05) is 19.9 Å². The fourth-order valence-electron chi connectivity index (χ4n) is 4.94. The zero-order valence-corrected chi connectivity index (χ0v) is 27.6. The number of fused-ring (bicyclic) bond motifs is 1. The molecule has 45 heavy (non-hydrogen) atoms. The van der Waals surface area contributed by atoms with Crippen molar-refractivity contribution >= 4 is 34.7 Å². The van der Waals surface area contributed by atoms with Crippen molar-refractivity contribution in [1.29, 1.82) is 0 Å². The number of imidazole rings is 1. The molecule has 0 aliphatic rings. The molecule has 1 aromatic heterocycles. The van der Waals surface area contributed by atoms with E-state index >= 15 is 0 Å². The number of ether oxygens (including phenoxy) is 2. The molecule has 1 N–H and O–H groups in total. The van der Waals surface area contributed by atoms with Crippen LogP contribution in [0.25, 0.3) is 22.2 Å². The van der Waals surface area contributed by atoms with Gasteiger partial charge in [0.2, 0.25) is 5.91 Å². The number of nitrogens with zero attached hydrogens (tertiary/aromatic N) is 3. The second-order valence-corrected chi connectivity index (χ2v) is 13.1. The van der Waals surface area contributed by atoms with Crippen LogP contribution in [-0.2, 0) is 27.2 Å². The molecule has 4 rings (SSSR count). The molecular weight excluding hydrogens is 568 g/mol. The van der Waals surface area contributed by atoms with Gasteiger partial charge in [0.05, 0.1) is 22.3 Å². The van der Waals surface area contributed by atoms with Crippen LogP contribution in [0.4, 0.5) is 10.5 Å². The number of rotatable bonds is 8. The molecule has 2 amide bonds. The van der Waals surface area contributed by atoms with Crippen LogP contribution >= 0.6 is 0 Å². The average molecular weight is 613 g/mol. The maximum absolute atomic E-state index is 12.9. The van der Waals surface area contributed by atoms with Gasteiger partial charge >= 0.3 is 12.1 Å². The molecule has 0 atom stereocenters. The van der Waals surface area contributed by atoms with Gasteiger partial charge in [-0.2, -0.15) is 0 Å².